The van der Waals surface area contributed by atoms with Crippen molar-refractivity contribution in [2.45, 2.75) is 82.9 Å². The van der Waals surface area contributed by atoms with Gasteiger partial charge in [0.1, 0.15) is 23.5 Å². The third kappa shape index (κ3) is 14.9. The number of nitrogens with zero attached hydrogens (tertiary/aromatic N) is 1. The summed E-state index contributed by atoms with van der Waals surface area (Å²) in [6.45, 7) is 5.71. The average Bonchev–Trinajstić information content (AvgIpc) is 3.04. The lowest BCUT2D eigenvalue weighted by atomic mass is 10.0. The Hall–Kier alpha value is -4.82. The van der Waals surface area contributed by atoms with Gasteiger partial charge in [-0.1, -0.05) is 54.6 Å². The number of aromatic nitrogens is 1. The number of rotatable bonds is 18. The first-order valence-corrected chi connectivity index (χ1v) is 17.8. The fourth-order valence-corrected chi connectivity index (χ4v) is 6.16. The monoisotopic (exact) mass is 693 g/mol. The fourth-order valence-electron chi connectivity index (χ4n) is 4.79. The molecule has 1 heterocycles. The van der Waals surface area contributed by atoms with E-state index in [1.165, 1.54) is 0 Å². The molecule has 2 atom stereocenters. The maximum Gasteiger partial charge on any atom is 0.407 e. The second-order valence-corrected chi connectivity index (χ2v) is 14.4. The number of ether oxygens (including phenoxy) is 1. The molecule has 3 rings (SSSR count). The van der Waals surface area contributed by atoms with E-state index in [-0.39, 0.29) is 37.5 Å². The van der Waals surface area contributed by atoms with Crippen LogP contribution in [0.25, 0.3) is 0 Å². The summed E-state index contributed by atoms with van der Waals surface area (Å²) < 4.78 is 34.2. The summed E-state index contributed by atoms with van der Waals surface area (Å²) in [6, 6.07) is 17.0. The Morgan fingerprint density at radius 2 is 1.51 bits per heavy atom. The number of carbonyl (C=O) groups excluding carboxylic acids is 3. The molecule has 13 nitrogen and oxygen atoms in total. The molecule has 0 aliphatic carbocycles. The van der Waals surface area contributed by atoms with Crippen LogP contribution >= 0.6 is 0 Å². The molecule has 3 aromatic rings. The number of hydrogen-bond acceptors (Lipinski definition) is 8. The van der Waals surface area contributed by atoms with Crippen molar-refractivity contribution in [1.29, 1.82) is 5.41 Å². The number of alkyl carbamates (subject to hydrolysis) is 1. The van der Waals surface area contributed by atoms with Gasteiger partial charge in [-0.05, 0) is 81.7 Å². The SMILES string of the molecule is CC(C)(C)OC(=O)NCCCC[C@@H](NS(=O)(=O)Cc1ccccc1)C(=O)N[C@H](CCc1ccncc1)C(=O)NCc1ccc(C(=N)N)cc1. The van der Waals surface area contributed by atoms with Crippen LogP contribution in [0, 0.1) is 5.41 Å². The van der Waals surface area contributed by atoms with Gasteiger partial charge in [0.2, 0.25) is 21.8 Å². The first-order chi connectivity index (χ1) is 23.2. The maximum atomic E-state index is 13.8. The van der Waals surface area contributed by atoms with E-state index in [0.29, 0.717) is 30.4 Å². The Labute approximate surface area is 288 Å². The largest absolute Gasteiger partial charge is 0.444 e. The van der Waals surface area contributed by atoms with E-state index in [4.69, 9.17) is 15.9 Å². The number of aryl methyl sites for hydroxylation is 1. The Balaban J connectivity index is 1.72. The predicted octanol–water partition coefficient (Wildman–Crippen LogP) is 3.28. The summed E-state index contributed by atoms with van der Waals surface area (Å²) in [7, 11) is -3.95. The van der Waals surface area contributed by atoms with Gasteiger partial charge in [0.15, 0.2) is 0 Å². The number of unbranched alkanes of at least 4 members (excludes halogenated alkanes) is 1. The summed E-state index contributed by atoms with van der Waals surface area (Å²) in [6.07, 6.45) is 4.39. The standard InChI is InChI=1S/C35H47N7O6S/c1-35(2,3)48-34(45)39-20-8-7-11-30(42-49(46,47)24-27-9-5-4-6-10-27)33(44)41-29(17-14-25-18-21-38-22-19-25)32(43)40-23-26-12-15-28(16-13-26)31(36)37/h4-6,9-10,12-13,15-16,18-19,21-22,29-30,42H,7-8,11,14,17,20,23-24H2,1-3H3,(H3,36,37)(H,39,45)(H,40,43)(H,41,44)/t29-,30-/m1/s1. The minimum absolute atomic E-state index is 0.0669. The third-order valence-electron chi connectivity index (χ3n) is 7.26. The molecule has 3 amide bonds. The van der Waals surface area contributed by atoms with Gasteiger partial charge in [-0.25, -0.2) is 17.9 Å². The van der Waals surface area contributed by atoms with Crippen LogP contribution in [0.15, 0.2) is 79.1 Å². The van der Waals surface area contributed by atoms with E-state index in [2.05, 4.69) is 25.7 Å². The fraction of sp³-hybridized carbons (Fsp3) is 0.400. The summed E-state index contributed by atoms with van der Waals surface area (Å²) in [5.74, 6) is -1.47. The molecule has 0 aliphatic heterocycles. The molecule has 0 fully saturated rings. The predicted molar refractivity (Wildman–Crippen MR) is 188 cm³/mol. The van der Waals surface area contributed by atoms with Gasteiger partial charge in [-0.2, -0.15) is 0 Å². The van der Waals surface area contributed by atoms with E-state index >= 15 is 0 Å². The van der Waals surface area contributed by atoms with Gasteiger partial charge in [-0.3, -0.25) is 20.0 Å². The number of nitrogens with one attached hydrogen (secondary N) is 5. The van der Waals surface area contributed by atoms with Crippen molar-refractivity contribution in [3.8, 4) is 0 Å². The zero-order valence-corrected chi connectivity index (χ0v) is 29.0. The molecule has 0 unspecified atom stereocenters. The highest BCUT2D eigenvalue weighted by atomic mass is 32.2. The quantitative estimate of drug-likeness (QED) is 0.0661. The molecule has 0 saturated heterocycles. The topological polar surface area (TPSA) is 205 Å². The first-order valence-electron chi connectivity index (χ1n) is 16.1. The molecule has 7 N–H and O–H groups in total. The van der Waals surface area contributed by atoms with Gasteiger partial charge in [-0.15, -0.1) is 0 Å². The number of hydrogen-bond donors (Lipinski definition) is 6. The third-order valence-corrected chi connectivity index (χ3v) is 8.62. The molecule has 0 spiro atoms. The van der Waals surface area contributed by atoms with Crippen molar-refractivity contribution in [3.05, 3.63) is 101 Å². The summed E-state index contributed by atoms with van der Waals surface area (Å²) in [5.41, 5.74) is 7.68. The lowest BCUT2D eigenvalue weighted by Gasteiger charge is -2.23. The van der Waals surface area contributed by atoms with Crippen molar-refractivity contribution in [1.82, 2.24) is 25.7 Å². The highest BCUT2D eigenvalue weighted by Gasteiger charge is 2.29. The van der Waals surface area contributed by atoms with Gasteiger partial charge >= 0.3 is 6.09 Å². The molecule has 0 bridgehead atoms. The Morgan fingerprint density at radius 1 is 0.837 bits per heavy atom. The van der Waals surface area contributed by atoms with Gasteiger partial charge in [0, 0.05) is 31.0 Å². The van der Waals surface area contributed by atoms with Crippen LogP contribution < -0.4 is 26.4 Å². The van der Waals surface area contributed by atoms with E-state index in [9.17, 15) is 22.8 Å². The van der Waals surface area contributed by atoms with Gasteiger partial charge in [0.25, 0.3) is 0 Å². The van der Waals surface area contributed by atoms with Crippen molar-refractivity contribution < 1.29 is 27.5 Å². The van der Waals surface area contributed by atoms with Crippen molar-refractivity contribution >= 4 is 33.8 Å². The van der Waals surface area contributed by atoms with E-state index in [1.54, 1.807) is 87.8 Å². The number of benzene rings is 2. The molecule has 1 aromatic heterocycles. The van der Waals surface area contributed by atoms with E-state index < -0.39 is 45.6 Å². The number of amidine groups is 1. The van der Waals surface area contributed by atoms with Crippen molar-refractivity contribution in [3.63, 3.8) is 0 Å². The number of amides is 3. The smallest absolute Gasteiger partial charge is 0.407 e. The lowest BCUT2D eigenvalue weighted by Crippen LogP contribution is -2.53. The van der Waals surface area contributed by atoms with Gasteiger partial charge in [0.05, 0.1) is 5.75 Å². The average molecular weight is 694 g/mol. The molecule has 0 saturated carbocycles. The molecule has 49 heavy (non-hydrogen) atoms. The van der Waals surface area contributed by atoms with Crippen LogP contribution in [-0.2, 0) is 43.1 Å². The zero-order valence-electron chi connectivity index (χ0n) is 28.2. The van der Waals surface area contributed by atoms with Gasteiger partial charge < -0.3 is 26.4 Å². The highest BCUT2D eigenvalue weighted by Crippen LogP contribution is 2.12. The van der Waals surface area contributed by atoms with Crippen LogP contribution in [0.3, 0.4) is 0 Å². The summed E-state index contributed by atoms with van der Waals surface area (Å²) >= 11 is 0. The number of nitrogen functional groups attached to an aromatic ring is 1. The second-order valence-electron chi connectivity index (χ2n) is 12.6. The Bertz CT molecular complexity index is 1630. The molecule has 0 aliphatic rings. The van der Waals surface area contributed by atoms with Crippen LogP contribution in [0.2, 0.25) is 0 Å². The molecule has 0 radical (unpaired) electrons. The molecular weight excluding hydrogens is 646 g/mol. The molecule has 264 valence electrons. The van der Waals surface area contributed by atoms with E-state index in [0.717, 1.165) is 11.1 Å². The summed E-state index contributed by atoms with van der Waals surface area (Å²) in [5, 5.41) is 15.9. The number of nitrogens with two attached hydrogens (primary N) is 1. The van der Waals surface area contributed by atoms with Crippen LogP contribution in [-0.4, -0.2) is 61.4 Å². The minimum atomic E-state index is -3.95. The molecule has 2 aromatic carbocycles. The number of sulfonamides is 1. The maximum absolute atomic E-state index is 13.8. The first kappa shape index (κ1) is 38.6. The van der Waals surface area contributed by atoms with Crippen molar-refractivity contribution in [2.24, 2.45) is 5.73 Å². The summed E-state index contributed by atoms with van der Waals surface area (Å²) in [4.78, 5) is 43.3. The highest BCUT2D eigenvalue weighted by molar-refractivity contribution is 7.88. The lowest BCUT2D eigenvalue weighted by molar-refractivity contribution is -0.130. The minimum Gasteiger partial charge on any atom is -0.444 e. The molecular formula is C35H47N7O6S. The molecule has 14 heteroatoms. The van der Waals surface area contributed by atoms with Crippen LogP contribution in [0.4, 0.5) is 4.79 Å². The van der Waals surface area contributed by atoms with E-state index in [1.807, 2.05) is 12.1 Å². The Morgan fingerprint density at radius 3 is 2.14 bits per heavy atom. The Kier molecular flexibility index (Phi) is 14.7. The number of pyridine rings is 1. The van der Waals surface area contributed by atoms with Crippen LogP contribution in [0.1, 0.15) is 68.7 Å². The van der Waals surface area contributed by atoms with Crippen molar-refractivity contribution in [2.75, 3.05) is 6.54 Å². The normalized spacial score (nSPS) is 12.7. The zero-order chi connectivity index (χ0) is 35.9. The van der Waals surface area contributed by atoms with Crippen LogP contribution in [0.5, 0.6) is 0 Å². The second kappa shape index (κ2) is 18.7. The number of carbonyl (C=O) groups is 3.